The maximum atomic E-state index is 11.7. The lowest BCUT2D eigenvalue weighted by Gasteiger charge is -2.26. The van der Waals surface area contributed by atoms with Gasteiger partial charge in [0.2, 0.25) is 0 Å². The van der Waals surface area contributed by atoms with E-state index in [9.17, 15) is 4.79 Å². The van der Waals surface area contributed by atoms with Crippen LogP contribution in [0.25, 0.3) is 0 Å². The summed E-state index contributed by atoms with van der Waals surface area (Å²) in [5.74, 6) is 0.671. The number of allylic oxidation sites excluding steroid dienone is 1. The second-order valence-corrected chi connectivity index (χ2v) is 6.68. The molecule has 126 valence electrons. The highest BCUT2D eigenvalue weighted by Crippen LogP contribution is 2.34. The lowest BCUT2D eigenvalue weighted by atomic mass is 9.80. The number of hydrogen-bond donors (Lipinski definition) is 0. The molecule has 0 atom stereocenters. The highest BCUT2D eigenvalue weighted by molar-refractivity contribution is 5.81. The first-order valence-corrected chi connectivity index (χ1v) is 8.42. The minimum absolute atomic E-state index is 0.0195. The van der Waals surface area contributed by atoms with Gasteiger partial charge in [-0.15, -0.1) is 6.58 Å². The number of ether oxygens (including phenoxy) is 1. The van der Waals surface area contributed by atoms with Crippen molar-refractivity contribution in [1.29, 1.82) is 0 Å². The van der Waals surface area contributed by atoms with E-state index in [0.717, 1.165) is 29.4 Å². The van der Waals surface area contributed by atoms with Gasteiger partial charge in [0.1, 0.15) is 12.4 Å². The lowest BCUT2D eigenvalue weighted by molar-refractivity contribution is 0.111. The van der Waals surface area contributed by atoms with Crippen LogP contribution in [0.4, 0.5) is 0 Å². The summed E-state index contributed by atoms with van der Waals surface area (Å²) in [6, 6.07) is 14.1. The molecular formula is C22H26O2. The summed E-state index contributed by atoms with van der Waals surface area (Å²) in [5.41, 5.74) is 3.89. The number of rotatable bonds is 8. The van der Waals surface area contributed by atoms with Crippen LogP contribution in [0, 0.1) is 0 Å². The Balaban J connectivity index is 2.41. The second-order valence-electron chi connectivity index (χ2n) is 6.68. The van der Waals surface area contributed by atoms with Crippen molar-refractivity contribution in [2.75, 3.05) is 0 Å². The maximum Gasteiger partial charge on any atom is 0.153 e. The van der Waals surface area contributed by atoms with E-state index in [1.807, 2.05) is 42.5 Å². The molecule has 0 unspecified atom stereocenters. The van der Waals surface area contributed by atoms with E-state index in [4.69, 9.17) is 4.74 Å². The summed E-state index contributed by atoms with van der Waals surface area (Å²) >= 11 is 0. The fraction of sp³-hybridized carbons (Fsp3) is 0.318. The van der Waals surface area contributed by atoms with Crippen molar-refractivity contribution in [3.63, 3.8) is 0 Å². The molecule has 0 amide bonds. The Morgan fingerprint density at radius 3 is 2.46 bits per heavy atom. The molecule has 2 nitrogen and oxygen atoms in total. The summed E-state index contributed by atoms with van der Waals surface area (Å²) < 4.78 is 6.02. The first kappa shape index (κ1) is 18.0. The molecule has 0 saturated carbocycles. The molecule has 2 aromatic rings. The van der Waals surface area contributed by atoms with Gasteiger partial charge in [0.25, 0.3) is 0 Å². The molecular weight excluding hydrogens is 296 g/mol. The molecule has 2 rings (SSSR count). The van der Waals surface area contributed by atoms with Gasteiger partial charge in [0.15, 0.2) is 6.29 Å². The van der Waals surface area contributed by atoms with E-state index in [0.29, 0.717) is 24.3 Å². The summed E-state index contributed by atoms with van der Waals surface area (Å²) in [5, 5.41) is 0. The zero-order valence-corrected chi connectivity index (χ0v) is 14.8. The molecule has 2 aromatic carbocycles. The molecule has 0 fully saturated rings. The van der Waals surface area contributed by atoms with Crippen molar-refractivity contribution in [2.45, 2.75) is 45.6 Å². The van der Waals surface area contributed by atoms with Crippen molar-refractivity contribution in [3.8, 4) is 5.75 Å². The zero-order valence-electron chi connectivity index (χ0n) is 14.8. The number of hydrogen-bond acceptors (Lipinski definition) is 2. The van der Waals surface area contributed by atoms with Crippen LogP contribution in [0.3, 0.4) is 0 Å². The van der Waals surface area contributed by atoms with Crippen molar-refractivity contribution >= 4 is 6.29 Å². The molecule has 24 heavy (non-hydrogen) atoms. The Morgan fingerprint density at radius 1 is 1.17 bits per heavy atom. The lowest BCUT2D eigenvalue weighted by Crippen LogP contribution is -2.17. The topological polar surface area (TPSA) is 26.3 Å². The number of aldehydes is 1. The standard InChI is InChI=1S/C22H26O2/c1-5-10-18-13-20(22(3,4)6-2)14-19(15-23)21(18)24-16-17-11-8-7-9-12-17/h5,7-9,11-15H,1,6,10,16H2,2-4H3. The maximum absolute atomic E-state index is 11.7. The van der Waals surface area contributed by atoms with E-state index in [1.54, 1.807) is 0 Å². The van der Waals surface area contributed by atoms with Crippen LogP contribution < -0.4 is 4.74 Å². The normalized spacial score (nSPS) is 11.1. The van der Waals surface area contributed by atoms with E-state index >= 15 is 0 Å². The molecule has 0 heterocycles. The molecule has 0 aliphatic heterocycles. The van der Waals surface area contributed by atoms with E-state index in [1.165, 1.54) is 0 Å². The number of carbonyl (C=O) groups is 1. The smallest absolute Gasteiger partial charge is 0.153 e. The monoisotopic (exact) mass is 322 g/mol. The van der Waals surface area contributed by atoms with E-state index in [2.05, 4.69) is 33.4 Å². The Morgan fingerprint density at radius 2 is 1.88 bits per heavy atom. The van der Waals surface area contributed by atoms with Gasteiger partial charge in [-0.05, 0) is 41.0 Å². The van der Waals surface area contributed by atoms with Crippen LogP contribution in [0.1, 0.15) is 54.2 Å². The Hall–Kier alpha value is -2.35. The van der Waals surface area contributed by atoms with Crippen LogP contribution in [0.15, 0.2) is 55.1 Å². The van der Waals surface area contributed by atoms with Crippen LogP contribution in [0.2, 0.25) is 0 Å². The minimum Gasteiger partial charge on any atom is -0.488 e. The van der Waals surface area contributed by atoms with E-state index in [-0.39, 0.29) is 5.41 Å². The third-order valence-electron chi connectivity index (χ3n) is 4.58. The molecule has 0 aliphatic rings. The first-order chi connectivity index (χ1) is 11.5. The zero-order chi connectivity index (χ0) is 17.6. The third kappa shape index (κ3) is 4.14. The van der Waals surface area contributed by atoms with Crippen molar-refractivity contribution in [1.82, 2.24) is 0 Å². The number of benzene rings is 2. The van der Waals surface area contributed by atoms with Crippen molar-refractivity contribution in [3.05, 3.63) is 77.4 Å². The molecule has 0 spiro atoms. The Labute approximate surface area is 145 Å². The van der Waals surface area contributed by atoms with Gasteiger partial charge < -0.3 is 4.74 Å². The van der Waals surface area contributed by atoms with Gasteiger partial charge in [-0.25, -0.2) is 0 Å². The molecule has 0 aromatic heterocycles. The highest BCUT2D eigenvalue weighted by atomic mass is 16.5. The summed E-state index contributed by atoms with van der Waals surface area (Å²) in [7, 11) is 0. The van der Waals surface area contributed by atoms with Crippen molar-refractivity contribution < 1.29 is 9.53 Å². The molecule has 0 N–H and O–H groups in total. The quantitative estimate of drug-likeness (QED) is 0.474. The number of carbonyl (C=O) groups excluding carboxylic acids is 1. The molecule has 0 aliphatic carbocycles. The fourth-order valence-electron chi connectivity index (χ4n) is 2.61. The Kier molecular flexibility index (Phi) is 5.97. The molecule has 2 heteroatoms. The summed E-state index contributed by atoms with van der Waals surface area (Å²) in [6.07, 6.45) is 4.42. The van der Waals surface area contributed by atoms with Crippen LogP contribution in [-0.4, -0.2) is 6.29 Å². The predicted molar refractivity (Wildman–Crippen MR) is 99.8 cm³/mol. The molecule has 0 saturated heterocycles. The van der Waals surface area contributed by atoms with Crippen LogP contribution in [0.5, 0.6) is 5.75 Å². The fourth-order valence-corrected chi connectivity index (χ4v) is 2.61. The van der Waals surface area contributed by atoms with Crippen LogP contribution >= 0.6 is 0 Å². The van der Waals surface area contributed by atoms with E-state index < -0.39 is 0 Å². The van der Waals surface area contributed by atoms with Crippen LogP contribution in [-0.2, 0) is 18.4 Å². The molecule has 0 bridgehead atoms. The second kappa shape index (κ2) is 7.96. The SMILES string of the molecule is C=CCc1cc(C(C)(C)CC)cc(C=O)c1OCc1ccccc1. The molecule has 0 radical (unpaired) electrons. The van der Waals surface area contributed by atoms with Gasteiger partial charge in [-0.2, -0.15) is 0 Å². The van der Waals surface area contributed by atoms with Gasteiger partial charge in [0.05, 0.1) is 5.56 Å². The largest absolute Gasteiger partial charge is 0.488 e. The van der Waals surface area contributed by atoms with Gasteiger partial charge in [-0.3, -0.25) is 4.79 Å². The average Bonchev–Trinajstić information content (AvgIpc) is 2.61. The van der Waals surface area contributed by atoms with Crippen molar-refractivity contribution in [2.24, 2.45) is 0 Å². The predicted octanol–water partition coefficient (Wildman–Crippen LogP) is 5.49. The average molecular weight is 322 g/mol. The summed E-state index contributed by atoms with van der Waals surface area (Å²) in [4.78, 5) is 11.7. The minimum atomic E-state index is 0.0195. The highest BCUT2D eigenvalue weighted by Gasteiger charge is 2.22. The summed E-state index contributed by atoms with van der Waals surface area (Å²) in [6.45, 7) is 10.8. The first-order valence-electron chi connectivity index (χ1n) is 8.42. The third-order valence-corrected chi connectivity index (χ3v) is 4.58. The van der Waals surface area contributed by atoms with Gasteiger partial charge in [0, 0.05) is 0 Å². The van der Waals surface area contributed by atoms with Gasteiger partial charge in [-0.1, -0.05) is 63.2 Å². The Bertz CT molecular complexity index is 699. The van der Waals surface area contributed by atoms with Gasteiger partial charge >= 0.3 is 0 Å².